The molecule has 1 aromatic heterocycles. The summed E-state index contributed by atoms with van der Waals surface area (Å²) in [5.74, 6) is -0.0923. The van der Waals surface area contributed by atoms with Crippen LogP contribution in [0.3, 0.4) is 0 Å². The Balaban J connectivity index is 1.73. The number of ether oxygens (including phenoxy) is 1. The molecule has 144 valence electrons. The van der Waals surface area contributed by atoms with Crippen LogP contribution in [0.25, 0.3) is 22.0 Å². The zero-order valence-electron chi connectivity index (χ0n) is 16.1. The van der Waals surface area contributed by atoms with Crippen molar-refractivity contribution in [2.75, 3.05) is 18.2 Å². The maximum atomic E-state index is 12.1. The third-order valence-electron chi connectivity index (χ3n) is 4.59. The molecule has 0 saturated heterocycles. The van der Waals surface area contributed by atoms with Crippen LogP contribution in [-0.4, -0.2) is 23.0 Å². The largest absolute Gasteiger partial charge is 0.465 e. The van der Waals surface area contributed by atoms with E-state index in [0.717, 1.165) is 22.3 Å². The molecular formula is C23H20N4O2. The molecule has 0 spiro atoms. The number of fused-ring (bicyclic) bond motifs is 1. The highest BCUT2D eigenvalue weighted by Crippen LogP contribution is 2.27. The van der Waals surface area contributed by atoms with Crippen molar-refractivity contribution in [1.82, 2.24) is 9.97 Å². The lowest BCUT2D eigenvalue weighted by Crippen LogP contribution is -2.08. The highest BCUT2D eigenvalue weighted by atomic mass is 16.5. The molecule has 29 heavy (non-hydrogen) atoms. The normalized spacial score (nSPS) is 10.7. The predicted molar refractivity (Wildman–Crippen MR) is 115 cm³/mol. The fraction of sp³-hybridized carbons (Fsp3) is 0.0870. The number of carbonyl (C=O) groups excluding carboxylic acids is 1. The molecule has 0 radical (unpaired) electrons. The minimum Gasteiger partial charge on any atom is -0.465 e. The first-order valence-electron chi connectivity index (χ1n) is 9.13. The number of rotatable bonds is 4. The Kier molecular flexibility index (Phi) is 4.83. The molecule has 3 N–H and O–H groups in total. The topological polar surface area (TPSA) is 90.1 Å². The highest BCUT2D eigenvalue weighted by molar-refractivity contribution is 5.97. The first kappa shape index (κ1) is 18.4. The monoisotopic (exact) mass is 384 g/mol. The number of nitrogens with one attached hydrogen (secondary N) is 1. The van der Waals surface area contributed by atoms with Crippen molar-refractivity contribution in [2.24, 2.45) is 0 Å². The number of hydrogen-bond donors (Lipinski definition) is 2. The zero-order chi connectivity index (χ0) is 20.4. The molecule has 0 aliphatic heterocycles. The van der Waals surface area contributed by atoms with Crippen molar-refractivity contribution in [3.05, 3.63) is 78.0 Å². The third kappa shape index (κ3) is 3.87. The number of nitrogen functional groups attached to an aromatic ring is 1. The number of hydrogen-bond acceptors (Lipinski definition) is 6. The van der Waals surface area contributed by atoms with Gasteiger partial charge in [-0.1, -0.05) is 36.4 Å². The molecule has 1 heterocycles. The van der Waals surface area contributed by atoms with E-state index in [1.54, 1.807) is 18.2 Å². The molecular weight excluding hydrogens is 364 g/mol. The van der Waals surface area contributed by atoms with Gasteiger partial charge in [-0.05, 0) is 48.0 Å². The minimum atomic E-state index is -0.484. The maximum Gasteiger partial charge on any atom is 0.340 e. The fourth-order valence-corrected chi connectivity index (χ4v) is 3.19. The summed E-state index contributed by atoms with van der Waals surface area (Å²) in [4.78, 5) is 21.2. The summed E-state index contributed by atoms with van der Waals surface area (Å²) in [5.41, 5.74) is 9.73. The van der Waals surface area contributed by atoms with E-state index >= 15 is 0 Å². The number of methoxy groups -OCH3 is 1. The number of esters is 1. The Morgan fingerprint density at radius 2 is 1.76 bits per heavy atom. The first-order chi connectivity index (χ1) is 14.0. The number of nitrogens with zero attached hydrogens (tertiary/aromatic N) is 2. The number of benzene rings is 3. The quantitative estimate of drug-likeness (QED) is 0.391. The van der Waals surface area contributed by atoms with Crippen LogP contribution in [0, 0.1) is 6.92 Å². The molecule has 0 atom stereocenters. The molecule has 3 aromatic carbocycles. The van der Waals surface area contributed by atoms with Gasteiger partial charge in [-0.2, -0.15) is 0 Å². The molecule has 0 aliphatic rings. The summed E-state index contributed by atoms with van der Waals surface area (Å²) in [6.07, 6.45) is 0. The van der Waals surface area contributed by atoms with Crippen LogP contribution in [0.15, 0.2) is 66.7 Å². The van der Waals surface area contributed by atoms with Gasteiger partial charge in [0.2, 0.25) is 5.95 Å². The van der Waals surface area contributed by atoms with Crippen LogP contribution in [0.2, 0.25) is 0 Å². The van der Waals surface area contributed by atoms with Crippen molar-refractivity contribution < 1.29 is 9.53 Å². The van der Waals surface area contributed by atoms with Gasteiger partial charge in [0.15, 0.2) is 0 Å². The summed E-state index contributed by atoms with van der Waals surface area (Å²) in [6.45, 7) is 1.90. The lowest BCUT2D eigenvalue weighted by molar-refractivity contribution is 0.0602. The van der Waals surface area contributed by atoms with E-state index in [2.05, 4.69) is 39.6 Å². The van der Waals surface area contributed by atoms with E-state index in [0.29, 0.717) is 22.9 Å². The van der Waals surface area contributed by atoms with E-state index in [-0.39, 0.29) is 0 Å². The van der Waals surface area contributed by atoms with Gasteiger partial charge in [-0.25, -0.2) is 14.8 Å². The summed E-state index contributed by atoms with van der Waals surface area (Å²) >= 11 is 0. The standard InChI is InChI=1S/C23H20N4O2/c1-14-11-21(17-8-7-15-5-3-4-6-16(15)12-17)27-23(25-14)26-20-10-9-18(24)13-19(20)22(28)29-2/h3-13H,24H2,1-2H3,(H,25,26,27). The molecule has 0 unspecified atom stereocenters. The van der Waals surface area contributed by atoms with Crippen LogP contribution in [0.5, 0.6) is 0 Å². The number of nitrogens with two attached hydrogens (primary N) is 1. The van der Waals surface area contributed by atoms with Crippen LogP contribution in [-0.2, 0) is 4.74 Å². The summed E-state index contributed by atoms with van der Waals surface area (Å²) in [7, 11) is 1.33. The van der Waals surface area contributed by atoms with Crippen molar-refractivity contribution in [3.8, 4) is 11.3 Å². The van der Waals surface area contributed by atoms with Crippen LogP contribution in [0.4, 0.5) is 17.3 Å². The summed E-state index contributed by atoms with van der Waals surface area (Å²) < 4.78 is 4.85. The minimum absolute atomic E-state index is 0.324. The van der Waals surface area contributed by atoms with Crippen molar-refractivity contribution in [3.63, 3.8) is 0 Å². The second kappa shape index (κ2) is 7.59. The van der Waals surface area contributed by atoms with Gasteiger partial charge in [-0.15, -0.1) is 0 Å². The molecule has 0 saturated carbocycles. The van der Waals surface area contributed by atoms with Crippen molar-refractivity contribution in [1.29, 1.82) is 0 Å². The Morgan fingerprint density at radius 3 is 2.55 bits per heavy atom. The van der Waals surface area contributed by atoms with Gasteiger partial charge >= 0.3 is 5.97 Å². The van der Waals surface area contributed by atoms with E-state index in [4.69, 9.17) is 10.5 Å². The Morgan fingerprint density at radius 1 is 0.966 bits per heavy atom. The number of anilines is 3. The van der Waals surface area contributed by atoms with Crippen molar-refractivity contribution >= 4 is 34.1 Å². The molecule has 0 bridgehead atoms. The van der Waals surface area contributed by atoms with Gasteiger partial charge in [0.05, 0.1) is 24.1 Å². The second-order valence-corrected chi connectivity index (χ2v) is 6.70. The van der Waals surface area contributed by atoms with Crippen LogP contribution >= 0.6 is 0 Å². The highest BCUT2D eigenvalue weighted by Gasteiger charge is 2.14. The lowest BCUT2D eigenvalue weighted by atomic mass is 10.0. The van der Waals surface area contributed by atoms with Crippen LogP contribution in [0.1, 0.15) is 16.1 Å². The SMILES string of the molecule is COC(=O)c1cc(N)ccc1Nc1nc(C)cc(-c2ccc3ccccc3c2)n1. The average Bonchev–Trinajstić information content (AvgIpc) is 2.73. The zero-order valence-corrected chi connectivity index (χ0v) is 16.1. The predicted octanol–water partition coefficient (Wildman–Crippen LogP) is 4.72. The molecule has 4 rings (SSSR count). The summed E-state index contributed by atoms with van der Waals surface area (Å²) in [5, 5.41) is 5.44. The van der Waals surface area contributed by atoms with Gasteiger partial charge in [0.1, 0.15) is 0 Å². The molecule has 6 nitrogen and oxygen atoms in total. The Labute approximate surface area is 168 Å². The second-order valence-electron chi connectivity index (χ2n) is 6.70. The Bertz CT molecular complexity index is 1220. The molecule has 0 fully saturated rings. The number of aromatic nitrogens is 2. The van der Waals surface area contributed by atoms with Gasteiger partial charge in [0, 0.05) is 16.9 Å². The summed E-state index contributed by atoms with van der Waals surface area (Å²) in [6, 6.07) is 21.3. The van der Waals surface area contributed by atoms with Crippen molar-refractivity contribution in [2.45, 2.75) is 6.92 Å². The Hall–Kier alpha value is -3.93. The number of carbonyl (C=O) groups is 1. The van der Waals surface area contributed by atoms with E-state index in [1.807, 2.05) is 31.2 Å². The lowest BCUT2D eigenvalue weighted by Gasteiger charge is -2.12. The average molecular weight is 384 g/mol. The van der Waals surface area contributed by atoms with E-state index in [1.165, 1.54) is 12.5 Å². The van der Waals surface area contributed by atoms with Gasteiger partial charge in [-0.3, -0.25) is 0 Å². The molecule has 6 heteroatoms. The van der Waals surface area contributed by atoms with E-state index in [9.17, 15) is 4.79 Å². The maximum absolute atomic E-state index is 12.1. The first-order valence-corrected chi connectivity index (χ1v) is 9.13. The fourth-order valence-electron chi connectivity index (χ4n) is 3.19. The smallest absolute Gasteiger partial charge is 0.340 e. The third-order valence-corrected chi connectivity index (χ3v) is 4.59. The van der Waals surface area contributed by atoms with Gasteiger partial charge < -0.3 is 15.8 Å². The molecule has 4 aromatic rings. The number of aryl methyl sites for hydroxylation is 1. The molecule has 0 aliphatic carbocycles. The van der Waals surface area contributed by atoms with Gasteiger partial charge in [0.25, 0.3) is 0 Å². The van der Waals surface area contributed by atoms with Crippen LogP contribution < -0.4 is 11.1 Å². The molecule has 0 amide bonds. The van der Waals surface area contributed by atoms with E-state index < -0.39 is 5.97 Å².